The summed E-state index contributed by atoms with van der Waals surface area (Å²) in [5.74, 6) is -3.82. The number of carbonyl (C=O) groups is 1. The quantitative estimate of drug-likeness (QED) is 0.110. The number of benzene rings is 2. The van der Waals surface area contributed by atoms with Crippen molar-refractivity contribution in [2.45, 2.75) is 67.8 Å². The van der Waals surface area contributed by atoms with Crippen LogP contribution in [0.15, 0.2) is 65.8 Å². The number of aryl methyl sites for hydroxylation is 2. The Hall–Kier alpha value is -6.27. The third kappa shape index (κ3) is 7.92. The lowest BCUT2D eigenvalue weighted by Crippen LogP contribution is -2.35. The van der Waals surface area contributed by atoms with Gasteiger partial charge in [0, 0.05) is 54.4 Å². The Balaban J connectivity index is 1.25. The fraction of sp³-hybridized carbons (Fsp3) is 0.325. The van der Waals surface area contributed by atoms with Gasteiger partial charge in [0.05, 0.1) is 23.4 Å². The number of carbonyl (C=O) groups excluding carboxylic acids is 1. The second kappa shape index (κ2) is 14.4. The van der Waals surface area contributed by atoms with E-state index >= 15 is 8.78 Å². The Morgan fingerprint density at radius 3 is 2.43 bits per heavy atom. The third-order valence-corrected chi connectivity index (χ3v) is 11.6. The molecule has 61 heavy (non-hydrogen) atoms. The van der Waals surface area contributed by atoms with E-state index in [1.165, 1.54) is 42.5 Å². The van der Waals surface area contributed by atoms with Gasteiger partial charge in [-0.15, -0.1) is 0 Å². The van der Waals surface area contributed by atoms with Crippen molar-refractivity contribution in [1.29, 1.82) is 0 Å². The van der Waals surface area contributed by atoms with Gasteiger partial charge >= 0.3 is 6.18 Å². The highest BCUT2D eigenvalue weighted by atomic mass is 32.2. The molecule has 6 aromatic rings. The molecule has 4 aromatic heterocycles. The van der Waals surface area contributed by atoms with Crippen molar-refractivity contribution in [3.8, 4) is 23.0 Å². The minimum Gasteiger partial charge on any atom is -0.378 e. The number of fused-ring (bicyclic) bond motifs is 4. The summed E-state index contributed by atoms with van der Waals surface area (Å²) >= 11 is 0. The van der Waals surface area contributed by atoms with Crippen LogP contribution in [0.2, 0.25) is 0 Å². The molecule has 318 valence electrons. The van der Waals surface area contributed by atoms with Crippen molar-refractivity contribution in [2.24, 2.45) is 20.0 Å². The van der Waals surface area contributed by atoms with Gasteiger partial charge in [-0.2, -0.15) is 37.2 Å². The minimum absolute atomic E-state index is 0.000301. The van der Waals surface area contributed by atoms with Gasteiger partial charge in [-0.1, -0.05) is 18.1 Å². The van der Waals surface area contributed by atoms with E-state index < -0.39 is 93.1 Å². The number of para-hydroxylation sites is 1. The number of pyridine rings is 1. The Morgan fingerprint density at radius 2 is 1.77 bits per heavy atom. The molecule has 2 aliphatic carbocycles. The number of aromatic nitrogens is 7. The normalized spacial score (nSPS) is 17.4. The Bertz CT molecular complexity index is 2920. The van der Waals surface area contributed by atoms with Gasteiger partial charge in [0.25, 0.3) is 15.9 Å². The molecule has 0 radical (unpaired) electrons. The average molecular weight is 870 g/mol. The van der Waals surface area contributed by atoms with Gasteiger partial charge in [0.15, 0.2) is 11.5 Å². The Morgan fingerprint density at radius 1 is 1.05 bits per heavy atom. The van der Waals surface area contributed by atoms with E-state index in [1.807, 2.05) is 0 Å². The van der Waals surface area contributed by atoms with Gasteiger partial charge in [-0.05, 0) is 74.4 Å². The molecule has 0 aliphatic heterocycles. The predicted molar refractivity (Wildman–Crippen MR) is 204 cm³/mol. The molecular formula is C40H34F7N9O4S. The van der Waals surface area contributed by atoms with Gasteiger partial charge in [-0.3, -0.25) is 23.6 Å². The maximum Gasteiger partial charge on any atom is 0.435 e. The zero-order valence-corrected chi connectivity index (χ0v) is 33.3. The highest BCUT2D eigenvalue weighted by Crippen LogP contribution is 2.68. The van der Waals surface area contributed by atoms with E-state index in [0.29, 0.717) is 27.2 Å². The molecule has 3 atom stereocenters. The van der Waals surface area contributed by atoms with Crippen LogP contribution in [-0.2, 0) is 54.0 Å². The summed E-state index contributed by atoms with van der Waals surface area (Å²) in [5, 5.41) is 25.1. The van der Waals surface area contributed by atoms with Crippen LogP contribution in [0.5, 0.6) is 0 Å². The van der Waals surface area contributed by atoms with Crippen LogP contribution in [0.1, 0.15) is 66.1 Å². The number of alkyl halides is 5. The second-order valence-corrected chi connectivity index (χ2v) is 17.2. The van der Waals surface area contributed by atoms with Gasteiger partial charge < -0.3 is 10.4 Å². The zero-order chi connectivity index (χ0) is 44.0. The maximum atomic E-state index is 15.4. The van der Waals surface area contributed by atoms with E-state index in [9.17, 15) is 40.3 Å². The lowest BCUT2D eigenvalue weighted by Gasteiger charge is -2.23. The first kappa shape index (κ1) is 41.5. The number of amides is 1. The molecule has 1 fully saturated rings. The van der Waals surface area contributed by atoms with Crippen molar-refractivity contribution >= 4 is 32.7 Å². The molecule has 2 aliphatic rings. The van der Waals surface area contributed by atoms with Crippen molar-refractivity contribution in [3.63, 3.8) is 0 Å². The number of anilines is 1. The van der Waals surface area contributed by atoms with Crippen LogP contribution in [0, 0.1) is 29.4 Å². The number of hydrogen-bond donors (Lipinski definition) is 3. The van der Waals surface area contributed by atoms with E-state index in [1.54, 1.807) is 31.3 Å². The van der Waals surface area contributed by atoms with Crippen molar-refractivity contribution in [3.05, 3.63) is 106 Å². The van der Waals surface area contributed by atoms with Crippen molar-refractivity contribution < 1.29 is 49.1 Å². The first-order chi connectivity index (χ1) is 28.5. The molecule has 1 saturated carbocycles. The molecule has 0 saturated heterocycles. The molecule has 0 bridgehead atoms. The molecule has 8 rings (SSSR count). The number of nitrogens with zero attached hydrogens (tertiary/aromatic N) is 7. The van der Waals surface area contributed by atoms with Gasteiger partial charge in [-0.25, -0.2) is 22.2 Å². The lowest BCUT2D eigenvalue weighted by molar-refractivity contribution is -0.142. The summed E-state index contributed by atoms with van der Waals surface area (Å²) in [7, 11) is -1.09. The van der Waals surface area contributed by atoms with Crippen molar-refractivity contribution in [2.75, 3.05) is 4.72 Å². The standard InChI is InChI=1S/C40H34F7N9O4S/c1-38(2,58)11-10-23-8-9-25(26-6-5-7-27-34(26)55(4)52-37(27)53-61(59,60)24-17-48-54(3)18-24)33(49-23)30(14-20-12-21(41)15-22(42)13-20)50-31(57)19-56-36-32(35(51-56)40(45,46)47)28-16-29(28)39(36,43)44/h5-9,12-13,15,17-18,28-30,58H,14,16,19H2,1-4H3,(H,50,57)(H,52,53). The van der Waals surface area contributed by atoms with E-state index in [-0.39, 0.29) is 39.6 Å². The highest BCUT2D eigenvalue weighted by molar-refractivity contribution is 7.92. The number of aliphatic hydroxyl groups is 1. The molecular weight excluding hydrogens is 836 g/mol. The molecule has 0 spiro atoms. The zero-order valence-electron chi connectivity index (χ0n) is 32.5. The summed E-state index contributed by atoms with van der Waals surface area (Å²) < 4.78 is 135. The summed E-state index contributed by atoms with van der Waals surface area (Å²) in [6.07, 6.45) is -3.19. The second-order valence-electron chi connectivity index (χ2n) is 15.5. The van der Waals surface area contributed by atoms with Crippen LogP contribution in [0.25, 0.3) is 22.0 Å². The van der Waals surface area contributed by atoms with Crippen LogP contribution in [0.4, 0.5) is 36.6 Å². The molecule has 2 aromatic carbocycles. The van der Waals surface area contributed by atoms with Crippen LogP contribution in [-0.4, -0.2) is 59.4 Å². The summed E-state index contributed by atoms with van der Waals surface area (Å²) in [6, 6.07) is 9.06. The molecule has 21 heteroatoms. The fourth-order valence-electron chi connectivity index (χ4n) is 7.76. The maximum absolute atomic E-state index is 15.4. The van der Waals surface area contributed by atoms with Gasteiger partial charge in [0.1, 0.15) is 40.1 Å². The molecule has 3 N–H and O–H groups in total. The monoisotopic (exact) mass is 869 g/mol. The summed E-state index contributed by atoms with van der Waals surface area (Å²) in [4.78, 5) is 18.5. The van der Waals surface area contributed by atoms with Crippen molar-refractivity contribution in [1.82, 2.24) is 39.6 Å². The number of nitrogens with one attached hydrogen (secondary N) is 2. The van der Waals surface area contributed by atoms with Crippen LogP contribution in [0.3, 0.4) is 0 Å². The average Bonchev–Trinajstić information content (AvgIpc) is 3.37. The number of halogens is 7. The van der Waals surface area contributed by atoms with Crippen LogP contribution < -0.4 is 10.0 Å². The molecule has 3 unspecified atom stereocenters. The minimum atomic E-state index is -5.09. The number of hydrogen-bond acceptors (Lipinski definition) is 8. The fourth-order valence-corrected chi connectivity index (χ4v) is 8.76. The SMILES string of the molecule is Cn1cc(S(=O)(=O)Nc2nn(C)c3c(-c4ccc(C#CC(C)(C)O)nc4C(Cc4cc(F)cc(F)c4)NC(=O)Cn4nc(C(F)(F)F)c5c4C(F)(F)C4CC54)cccc23)cn1. The van der Waals surface area contributed by atoms with E-state index in [0.717, 1.165) is 18.3 Å². The third-order valence-electron chi connectivity index (χ3n) is 10.3. The summed E-state index contributed by atoms with van der Waals surface area (Å²) in [6.45, 7) is 1.75. The van der Waals surface area contributed by atoms with Gasteiger partial charge in [0.2, 0.25) is 5.91 Å². The largest absolute Gasteiger partial charge is 0.435 e. The van der Waals surface area contributed by atoms with E-state index in [4.69, 9.17) is 4.98 Å². The first-order valence-electron chi connectivity index (χ1n) is 18.5. The van der Waals surface area contributed by atoms with Crippen LogP contribution >= 0.6 is 0 Å². The topological polar surface area (TPSA) is 162 Å². The lowest BCUT2D eigenvalue weighted by atomic mass is 9.93. The van der Waals surface area contributed by atoms with E-state index in [2.05, 4.69) is 37.2 Å². The predicted octanol–water partition coefficient (Wildman–Crippen LogP) is 6.09. The highest BCUT2D eigenvalue weighted by Gasteiger charge is 2.68. The first-order valence-corrected chi connectivity index (χ1v) is 20.0. The molecule has 1 amide bonds. The Kier molecular flexibility index (Phi) is 9.81. The molecule has 13 nitrogen and oxygen atoms in total. The summed E-state index contributed by atoms with van der Waals surface area (Å²) in [5.41, 5.74) is -3.65. The smallest absolute Gasteiger partial charge is 0.378 e. The number of rotatable bonds is 10. The number of sulfonamides is 1. The Labute approximate surface area is 342 Å². The molecule has 4 heterocycles.